The van der Waals surface area contributed by atoms with Gasteiger partial charge in [-0.2, -0.15) is 4.40 Å². The Morgan fingerprint density at radius 3 is 3.11 bits per heavy atom. The Balaban J connectivity index is 1.97. The van der Waals surface area contributed by atoms with Crippen LogP contribution >= 0.6 is 0 Å². The van der Waals surface area contributed by atoms with Crippen molar-refractivity contribution in [3.05, 3.63) is 54.5 Å². The molecule has 3 aromatic heterocycles. The van der Waals surface area contributed by atoms with Gasteiger partial charge in [-0.15, -0.1) is 4.98 Å². The standard InChI is InChI=1S/C15H10N3O/c1-2-5-11-10(4-1)8-17-9-18-14-12(6-3-7-16-14)19-15(18)13(11)17/h1-7,9H,8H2/q+1. The molecule has 90 valence electrons. The van der Waals surface area contributed by atoms with Crippen LogP contribution < -0.4 is 4.40 Å². The Morgan fingerprint density at radius 2 is 2.11 bits per heavy atom. The van der Waals surface area contributed by atoms with Crippen LogP contribution in [0.15, 0.2) is 53.3 Å². The highest BCUT2D eigenvalue weighted by molar-refractivity contribution is 5.79. The third-order valence-corrected chi connectivity index (χ3v) is 3.76. The zero-order valence-corrected chi connectivity index (χ0v) is 10.1. The van der Waals surface area contributed by atoms with E-state index in [1.165, 1.54) is 11.1 Å². The maximum absolute atomic E-state index is 5.97. The van der Waals surface area contributed by atoms with Crippen molar-refractivity contribution < 1.29 is 8.82 Å². The minimum absolute atomic E-state index is 0.824. The number of hydrogen-bond donors (Lipinski definition) is 0. The van der Waals surface area contributed by atoms with Crippen LogP contribution in [0.4, 0.5) is 0 Å². The number of benzene rings is 1. The second kappa shape index (κ2) is 3.03. The third-order valence-electron chi connectivity index (χ3n) is 3.76. The molecule has 0 atom stereocenters. The van der Waals surface area contributed by atoms with Crippen LogP contribution in [0.5, 0.6) is 0 Å². The summed E-state index contributed by atoms with van der Waals surface area (Å²) in [6, 6.07) is 12.3. The summed E-state index contributed by atoms with van der Waals surface area (Å²) in [5.74, 6) is 0. The topological polar surface area (TPSA) is 35.1 Å². The monoisotopic (exact) mass is 248 g/mol. The van der Waals surface area contributed by atoms with Gasteiger partial charge in [-0.05, 0) is 17.7 Å². The Kier molecular flexibility index (Phi) is 1.49. The van der Waals surface area contributed by atoms with Gasteiger partial charge in [0.05, 0.1) is 6.54 Å². The first kappa shape index (κ1) is 9.33. The van der Waals surface area contributed by atoms with Crippen molar-refractivity contribution in [1.29, 1.82) is 0 Å². The number of nitrogens with zero attached hydrogens (tertiary/aromatic N) is 3. The lowest BCUT2D eigenvalue weighted by molar-refractivity contribution is -0.488. The Morgan fingerprint density at radius 1 is 1.16 bits per heavy atom. The highest BCUT2D eigenvalue weighted by atomic mass is 16.3. The molecular formula is C15H10N3O+. The van der Waals surface area contributed by atoms with E-state index in [2.05, 4.69) is 40.1 Å². The number of hydrogen-bond acceptors (Lipinski definition) is 2. The number of oxazole rings is 1. The Labute approximate surface area is 108 Å². The van der Waals surface area contributed by atoms with Crippen molar-refractivity contribution in [3.8, 4) is 11.3 Å². The molecule has 0 fully saturated rings. The van der Waals surface area contributed by atoms with E-state index < -0.39 is 0 Å². The fourth-order valence-corrected chi connectivity index (χ4v) is 2.94. The highest BCUT2D eigenvalue weighted by Crippen LogP contribution is 2.34. The summed E-state index contributed by atoms with van der Waals surface area (Å²) in [5.41, 5.74) is 6.31. The minimum atomic E-state index is 0.824. The number of rotatable bonds is 0. The molecule has 5 rings (SSSR count). The molecule has 0 bridgehead atoms. The molecule has 1 aliphatic rings. The first-order chi connectivity index (χ1) is 9.42. The molecule has 1 aromatic carbocycles. The second-order valence-electron chi connectivity index (χ2n) is 4.85. The molecule has 4 heteroatoms. The first-order valence-electron chi connectivity index (χ1n) is 6.28. The SMILES string of the molecule is c1ccc2c(c1)Cn1c[n+]3c(oc4cccnc43)c1-2. The summed E-state index contributed by atoms with van der Waals surface area (Å²) in [5, 5.41) is 0. The lowest BCUT2D eigenvalue weighted by atomic mass is 10.1. The summed E-state index contributed by atoms with van der Waals surface area (Å²) in [7, 11) is 0. The molecule has 0 unspecified atom stereocenters. The fourth-order valence-electron chi connectivity index (χ4n) is 2.94. The van der Waals surface area contributed by atoms with Crippen LogP contribution in [0.25, 0.3) is 28.2 Å². The zero-order chi connectivity index (χ0) is 12.4. The van der Waals surface area contributed by atoms with Gasteiger partial charge in [-0.25, -0.2) is 0 Å². The number of aromatic nitrogens is 3. The highest BCUT2D eigenvalue weighted by Gasteiger charge is 2.30. The predicted octanol–water partition coefficient (Wildman–Crippen LogP) is 2.40. The maximum atomic E-state index is 5.97. The van der Waals surface area contributed by atoms with Gasteiger partial charge in [0.2, 0.25) is 5.58 Å². The van der Waals surface area contributed by atoms with Crippen LogP contribution in [-0.2, 0) is 6.54 Å². The van der Waals surface area contributed by atoms with Crippen molar-refractivity contribution in [3.63, 3.8) is 0 Å². The van der Waals surface area contributed by atoms with Crippen LogP contribution in [0.2, 0.25) is 0 Å². The Hall–Kier alpha value is -2.62. The molecule has 4 aromatic rings. The van der Waals surface area contributed by atoms with Crippen molar-refractivity contribution in [2.24, 2.45) is 0 Å². The van der Waals surface area contributed by atoms with E-state index in [0.717, 1.165) is 29.2 Å². The van der Waals surface area contributed by atoms with E-state index in [1.807, 2.05) is 16.5 Å². The molecule has 19 heavy (non-hydrogen) atoms. The third kappa shape index (κ3) is 1.04. The fraction of sp³-hybridized carbons (Fsp3) is 0.0667. The zero-order valence-electron chi connectivity index (χ0n) is 10.1. The van der Waals surface area contributed by atoms with Crippen LogP contribution in [0, 0.1) is 0 Å². The minimum Gasteiger partial charge on any atom is -0.419 e. The molecular weight excluding hydrogens is 238 g/mol. The lowest BCUT2D eigenvalue weighted by Crippen LogP contribution is -2.17. The maximum Gasteiger partial charge on any atom is 0.313 e. The normalized spacial score (nSPS) is 13.1. The molecule has 4 heterocycles. The number of imidazole rings is 1. The van der Waals surface area contributed by atoms with Crippen LogP contribution in [0.1, 0.15) is 5.56 Å². The van der Waals surface area contributed by atoms with E-state index in [-0.39, 0.29) is 0 Å². The van der Waals surface area contributed by atoms with Gasteiger partial charge in [-0.3, -0.25) is 4.57 Å². The van der Waals surface area contributed by atoms with E-state index in [4.69, 9.17) is 4.42 Å². The molecule has 0 spiro atoms. The average molecular weight is 248 g/mol. The molecule has 0 N–H and O–H groups in total. The van der Waals surface area contributed by atoms with Crippen LogP contribution in [0.3, 0.4) is 0 Å². The van der Waals surface area contributed by atoms with Gasteiger partial charge in [0.25, 0.3) is 0 Å². The van der Waals surface area contributed by atoms with Crippen molar-refractivity contribution >= 4 is 16.9 Å². The first-order valence-corrected chi connectivity index (χ1v) is 6.28. The second-order valence-corrected chi connectivity index (χ2v) is 4.85. The summed E-state index contributed by atoms with van der Waals surface area (Å²) in [6.07, 6.45) is 3.87. The quantitative estimate of drug-likeness (QED) is 0.394. The van der Waals surface area contributed by atoms with Crippen molar-refractivity contribution in [2.45, 2.75) is 6.54 Å². The van der Waals surface area contributed by atoms with Gasteiger partial charge in [0, 0.05) is 5.56 Å². The summed E-state index contributed by atoms with van der Waals surface area (Å²) in [6.45, 7) is 0.900. The molecule has 0 amide bonds. The lowest BCUT2D eigenvalue weighted by Gasteiger charge is -1.92. The van der Waals surface area contributed by atoms with Gasteiger partial charge >= 0.3 is 11.4 Å². The summed E-state index contributed by atoms with van der Waals surface area (Å²) >= 11 is 0. The van der Waals surface area contributed by atoms with E-state index in [0.29, 0.717) is 0 Å². The van der Waals surface area contributed by atoms with E-state index in [9.17, 15) is 0 Å². The molecule has 1 aliphatic heterocycles. The van der Waals surface area contributed by atoms with E-state index in [1.54, 1.807) is 6.20 Å². The molecule has 4 nitrogen and oxygen atoms in total. The number of pyridine rings is 1. The van der Waals surface area contributed by atoms with Crippen LogP contribution in [-0.4, -0.2) is 9.55 Å². The molecule has 0 radical (unpaired) electrons. The molecule has 0 saturated heterocycles. The average Bonchev–Trinajstić information content (AvgIpc) is 3.05. The van der Waals surface area contributed by atoms with Crippen molar-refractivity contribution in [2.75, 3.05) is 0 Å². The largest absolute Gasteiger partial charge is 0.419 e. The van der Waals surface area contributed by atoms with Crippen molar-refractivity contribution in [1.82, 2.24) is 9.55 Å². The molecule has 0 aliphatic carbocycles. The smallest absolute Gasteiger partial charge is 0.313 e. The van der Waals surface area contributed by atoms with E-state index >= 15 is 0 Å². The Bertz CT molecular complexity index is 949. The van der Waals surface area contributed by atoms with Gasteiger partial charge < -0.3 is 4.42 Å². The predicted molar refractivity (Wildman–Crippen MR) is 69.7 cm³/mol. The summed E-state index contributed by atoms with van der Waals surface area (Å²) < 4.78 is 10.2. The number of fused-ring (bicyclic) bond motifs is 7. The summed E-state index contributed by atoms with van der Waals surface area (Å²) in [4.78, 5) is 4.39. The van der Waals surface area contributed by atoms with Gasteiger partial charge in [0.15, 0.2) is 12.0 Å². The molecule has 0 saturated carbocycles. The van der Waals surface area contributed by atoms with Gasteiger partial charge in [-0.1, -0.05) is 24.3 Å². The van der Waals surface area contributed by atoms with Gasteiger partial charge in [0.1, 0.15) is 6.20 Å².